The highest BCUT2D eigenvalue weighted by molar-refractivity contribution is 5.41. The van der Waals surface area contributed by atoms with Crippen LogP contribution in [-0.2, 0) is 6.54 Å². The van der Waals surface area contributed by atoms with Gasteiger partial charge in [-0.2, -0.15) is 0 Å². The van der Waals surface area contributed by atoms with Crippen LogP contribution in [0.1, 0.15) is 16.7 Å². The lowest BCUT2D eigenvalue weighted by Gasteiger charge is -2.12. The minimum atomic E-state index is 0.660. The average molecular weight is 208 g/mol. The molecule has 0 unspecified atom stereocenters. The smallest absolute Gasteiger partial charge is 0.123 e. The Morgan fingerprint density at radius 2 is 1.93 bits per heavy atom. The minimum absolute atomic E-state index is 0.660. The molecule has 0 aliphatic heterocycles. The van der Waals surface area contributed by atoms with Crippen molar-refractivity contribution >= 4 is 0 Å². The monoisotopic (exact) mass is 208 g/mol. The fourth-order valence-corrected chi connectivity index (χ4v) is 1.50. The Balaban J connectivity index is 2.80. The van der Waals surface area contributed by atoms with E-state index in [-0.39, 0.29) is 0 Å². The molecule has 0 aliphatic rings. The highest BCUT2D eigenvalue weighted by atomic mass is 16.5. The molecule has 0 aliphatic carbocycles. The van der Waals surface area contributed by atoms with Crippen molar-refractivity contribution in [1.82, 2.24) is 5.32 Å². The second-order valence-electron chi connectivity index (χ2n) is 3.71. The molecule has 0 spiro atoms. The molecule has 3 heteroatoms. The number of ether oxygens (including phenoxy) is 1. The third kappa shape index (κ3) is 3.22. The van der Waals surface area contributed by atoms with E-state index in [4.69, 9.17) is 10.5 Å². The van der Waals surface area contributed by atoms with E-state index in [0.717, 1.165) is 18.8 Å². The van der Waals surface area contributed by atoms with Crippen molar-refractivity contribution in [3.63, 3.8) is 0 Å². The molecule has 1 aromatic carbocycles. The van der Waals surface area contributed by atoms with Gasteiger partial charge < -0.3 is 15.8 Å². The number of nitrogens with one attached hydrogen (secondary N) is 1. The van der Waals surface area contributed by atoms with Crippen LogP contribution in [0.15, 0.2) is 12.1 Å². The summed E-state index contributed by atoms with van der Waals surface area (Å²) in [7, 11) is 1.70. The maximum atomic E-state index is 5.42. The van der Waals surface area contributed by atoms with Crippen LogP contribution in [0.25, 0.3) is 0 Å². The molecule has 3 N–H and O–H groups in total. The number of hydrogen-bond donors (Lipinski definition) is 2. The van der Waals surface area contributed by atoms with Gasteiger partial charge in [0.2, 0.25) is 0 Å². The fraction of sp³-hybridized carbons (Fsp3) is 0.500. The first-order valence-corrected chi connectivity index (χ1v) is 5.24. The molecule has 0 saturated heterocycles. The van der Waals surface area contributed by atoms with Crippen molar-refractivity contribution in [3.05, 3.63) is 28.8 Å². The molecule has 1 aromatic rings. The molecule has 0 saturated carbocycles. The topological polar surface area (TPSA) is 47.3 Å². The van der Waals surface area contributed by atoms with Crippen LogP contribution in [0.3, 0.4) is 0 Å². The molecule has 0 atom stereocenters. The van der Waals surface area contributed by atoms with Crippen LogP contribution in [0, 0.1) is 13.8 Å². The molecule has 0 bridgehead atoms. The molecule has 15 heavy (non-hydrogen) atoms. The Hall–Kier alpha value is -1.06. The van der Waals surface area contributed by atoms with Crippen molar-refractivity contribution in [3.8, 4) is 5.75 Å². The summed E-state index contributed by atoms with van der Waals surface area (Å²) >= 11 is 0. The molecule has 3 nitrogen and oxygen atoms in total. The third-order valence-electron chi connectivity index (χ3n) is 2.53. The zero-order chi connectivity index (χ0) is 11.3. The Morgan fingerprint density at radius 3 is 2.53 bits per heavy atom. The Labute approximate surface area is 91.6 Å². The summed E-state index contributed by atoms with van der Waals surface area (Å²) in [5, 5.41) is 3.27. The number of benzene rings is 1. The first-order valence-electron chi connectivity index (χ1n) is 5.24. The molecule has 0 heterocycles. The Bertz CT molecular complexity index is 324. The van der Waals surface area contributed by atoms with Gasteiger partial charge in [-0.3, -0.25) is 0 Å². The zero-order valence-electron chi connectivity index (χ0n) is 9.76. The first-order chi connectivity index (χ1) is 7.19. The summed E-state index contributed by atoms with van der Waals surface area (Å²) in [4.78, 5) is 0. The van der Waals surface area contributed by atoms with Crippen molar-refractivity contribution in [2.24, 2.45) is 5.73 Å². The largest absolute Gasteiger partial charge is 0.496 e. The maximum absolute atomic E-state index is 5.42. The van der Waals surface area contributed by atoms with E-state index in [2.05, 4.69) is 31.3 Å². The number of rotatable bonds is 5. The van der Waals surface area contributed by atoms with Gasteiger partial charge in [-0.15, -0.1) is 0 Å². The zero-order valence-corrected chi connectivity index (χ0v) is 9.76. The molecule has 84 valence electrons. The van der Waals surface area contributed by atoms with E-state index >= 15 is 0 Å². The van der Waals surface area contributed by atoms with E-state index in [9.17, 15) is 0 Å². The molecule has 0 amide bonds. The van der Waals surface area contributed by atoms with Gasteiger partial charge in [0.15, 0.2) is 0 Å². The van der Waals surface area contributed by atoms with Crippen LogP contribution in [-0.4, -0.2) is 20.2 Å². The summed E-state index contributed by atoms with van der Waals surface area (Å²) in [6.07, 6.45) is 0. The standard InChI is InChI=1S/C12H20N2O/c1-9-6-11(8-14-5-4-13)12(15-3)7-10(9)2/h6-7,14H,4-5,8,13H2,1-3H3. The van der Waals surface area contributed by atoms with Crippen molar-refractivity contribution < 1.29 is 4.74 Å². The predicted octanol–water partition coefficient (Wildman–Crippen LogP) is 1.36. The van der Waals surface area contributed by atoms with Gasteiger partial charge in [-0.05, 0) is 31.0 Å². The summed E-state index contributed by atoms with van der Waals surface area (Å²) in [5.41, 5.74) is 9.16. The quantitative estimate of drug-likeness (QED) is 0.718. The van der Waals surface area contributed by atoms with Crippen molar-refractivity contribution in [2.45, 2.75) is 20.4 Å². The summed E-state index contributed by atoms with van der Waals surface area (Å²) in [6.45, 7) is 6.50. The van der Waals surface area contributed by atoms with Crippen LogP contribution in [0.5, 0.6) is 5.75 Å². The summed E-state index contributed by atoms with van der Waals surface area (Å²) in [5.74, 6) is 0.947. The van der Waals surface area contributed by atoms with Gasteiger partial charge in [0.05, 0.1) is 7.11 Å². The van der Waals surface area contributed by atoms with Gasteiger partial charge in [0.25, 0.3) is 0 Å². The fourth-order valence-electron chi connectivity index (χ4n) is 1.50. The second-order valence-corrected chi connectivity index (χ2v) is 3.71. The van der Waals surface area contributed by atoms with Crippen LogP contribution in [0.2, 0.25) is 0 Å². The molecule has 0 fully saturated rings. The van der Waals surface area contributed by atoms with E-state index < -0.39 is 0 Å². The van der Waals surface area contributed by atoms with Crippen molar-refractivity contribution in [1.29, 1.82) is 0 Å². The SMILES string of the molecule is COc1cc(C)c(C)cc1CNCCN. The van der Waals surface area contributed by atoms with Gasteiger partial charge >= 0.3 is 0 Å². The van der Waals surface area contributed by atoms with E-state index in [1.165, 1.54) is 16.7 Å². The molecular weight excluding hydrogens is 188 g/mol. The number of hydrogen-bond acceptors (Lipinski definition) is 3. The lowest BCUT2D eigenvalue weighted by Crippen LogP contribution is -2.22. The van der Waals surface area contributed by atoms with E-state index in [1.807, 2.05) is 0 Å². The molecule has 1 rings (SSSR count). The Kier molecular flexibility index (Phi) is 4.59. The highest BCUT2D eigenvalue weighted by Crippen LogP contribution is 2.22. The number of methoxy groups -OCH3 is 1. The number of nitrogens with two attached hydrogens (primary N) is 1. The lowest BCUT2D eigenvalue weighted by molar-refractivity contribution is 0.407. The van der Waals surface area contributed by atoms with Gasteiger partial charge in [-0.25, -0.2) is 0 Å². The van der Waals surface area contributed by atoms with Crippen molar-refractivity contribution in [2.75, 3.05) is 20.2 Å². The molecular formula is C12H20N2O. The average Bonchev–Trinajstić information content (AvgIpc) is 2.23. The second kappa shape index (κ2) is 5.73. The maximum Gasteiger partial charge on any atom is 0.123 e. The van der Waals surface area contributed by atoms with Gasteiger partial charge in [0.1, 0.15) is 5.75 Å². The summed E-state index contributed by atoms with van der Waals surface area (Å²) in [6, 6.07) is 4.24. The van der Waals surface area contributed by atoms with Crippen LogP contribution >= 0.6 is 0 Å². The van der Waals surface area contributed by atoms with Gasteiger partial charge in [-0.1, -0.05) is 6.07 Å². The normalized spacial score (nSPS) is 10.4. The third-order valence-corrected chi connectivity index (χ3v) is 2.53. The van der Waals surface area contributed by atoms with E-state index in [0.29, 0.717) is 6.54 Å². The Morgan fingerprint density at radius 1 is 1.27 bits per heavy atom. The van der Waals surface area contributed by atoms with Crippen LogP contribution in [0.4, 0.5) is 0 Å². The predicted molar refractivity (Wildman–Crippen MR) is 63.2 cm³/mol. The lowest BCUT2D eigenvalue weighted by atomic mass is 10.1. The van der Waals surface area contributed by atoms with Gasteiger partial charge in [0, 0.05) is 25.2 Å². The van der Waals surface area contributed by atoms with E-state index in [1.54, 1.807) is 7.11 Å². The van der Waals surface area contributed by atoms with Crippen LogP contribution < -0.4 is 15.8 Å². The minimum Gasteiger partial charge on any atom is -0.496 e. The molecule has 0 aromatic heterocycles. The molecule has 0 radical (unpaired) electrons. The first kappa shape index (κ1) is 12.0. The number of aryl methyl sites for hydroxylation is 2. The summed E-state index contributed by atoms with van der Waals surface area (Å²) < 4.78 is 5.34. The highest BCUT2D eigenvalue weighted by Gasteiger charge is 2.04.